The summed E-state index contributed by atoms with van der Waals surface area (Å²) < 4.78 is 5.00. The van der Waals surface area contributed by atoms with Gasteiger partial charge in [-0.05, 0) is 74.3 Å². The number of carbonyl (C=O) groups is 2. The summed E-state index contributed by atoms with van der Waals surface area (Å²) in [5.74, 6) is 3.43. The third kappa shape index (κ3) is 5.92. The number of ketones is 1. The van der Waals surface area contributed by atoms with Gasteiger partial charge in [-0.1, -0.05) is 19.4 Å². The van der Waals surface area contributed by atoms with E-state index in [4.69, 9.17) is 4.74 Å². The summed E-state index contributed by atoms with van der Waals surface area (Å²) in [5.41, 5.74) is 0. The molecule has 0 heterocycles. The molecule has 134 valence electrons. The van der Waals surface area contributed by atoms with Gasteiger partial charge in [0.2, 0.25) is 0 Å². The van der Waals surface area contributed by atoms with Crippen LogP contribution < -0.4 is 0 Å². The molecule has 3 heteroatoms. The summed E-state index contributed by atoms with van der Waals surface area (Å²) >= 11 is 0. The third-order valence-electron chi connectivity index (χ3n) is 5.74. The molecule has 6 unspecified atom stereocenters. The summed E-state index contributed by atoms with van der Waals surface area (Å²) in [6, 6.07) is 0. The lowest BCUT2D eigenvalue weighted by atomic mass is 9.71. The topological polar surface area (TPSA) is 43.4 Å². The van der Waals surface area contributed by atoms with Crippen molar-refractivity contribution in [3.63, 3.8) is 0 Å². The van der Waals surface area contributed by atoms with Crippen LogP contribution in [-0.2, 0) is 14.3 Å². The Morgan fingerprint density at radius 3 is 2.58 bits per heavy atom. The van der Waals surface area contributed by atoms with Gasteiger partial charge in [-0.3, -0.25) is 9.59 Å². The van der Waals surface area contributed by atoms with E-state index >= 15 is 0 Å². The molecule has 2 saturated carbocycles. The minimum absolute atomic E-state index is 0.151. The Bertz CT molecular complexity index is 493. The zero-order valence-electron chi connectivity index (χ0n) is 15.4. The zero-order chi connectivity index (χ0) is 17.7. The van der Waals surface area contributed by atoms with Crippen molar-refractivity contribution in [2.45, 2.75) is 65.4 Å². The van der Waals surface area contributed by atoms with Gasteiger partial charge in [0.05, 0.1) is 0 Å². The van der Waals surface area contributed by atoms with Crippen molar-refractivity contribution in [1.29, 1.82) is 0 Å². The molecule has 0 aromatic heterocycles. The summed E-state index contributed by atoms with van der Waals surface area (Å²) in [6.07, 6.45) is 12.0. The van der Waals surface area contributed by atoms with Gasteiger partial charge in [-0.25, -0.2) is 0 Å². The van der Waals surface area contributed by atoms with Gasteiger partial charge in [0.1, 0.15) is 6.10 Å². The predicted octanol–water partition coefficient (Wildman–Crippen LogP) is 4.72. The van der Waals surface area contributed by atoms with E-state index in [1.54, 1.807) is 19.1 Å². The Kier molecular flexibility index (Phi) is 6.82. The first kappa shape index (κ1) is 19.0. The van der Waals surface area contributed by atoms with Crippen LogP contribution in [0.4, 0.5) is 0 Å². The molecule has 0 aliphatic heterocycles. The molecule has 0 spiro atoms. The van der Waals surface area contributed by atoms with Gasteiger partial charge in [0.25, 0.3) is 0 Å². The Balaban J connectivity index is 1.71. The lowest BCUT2D eigenvalue weighted by Crippen LogP contribution is -2.25. The van der Waals surface area contributed by atoms with Crippen molar-refractivity contribution in [2.75, 3.05) is 0 Å². The number of ether oxygens (including phenoxy) is 1. The molecule has 0 bridgehead atoms. The number of rotatable bonds is 8. The first-order valence-electron chi connectivity index (χ1n) is 9.39. The van der Waals surface area contributed by atoms with Crippen molar-refractivity contribution in [2.24, 2.45) is 29.6 Å². The summed E-state index contributed by atoms with van der Waals surface area (Å²) in [4.78, 5) is 23.0. The van der Waals surface area contributed by atoms with Crippen LogP contribution in [-0.4, -0.2) is 17.9 Å². The molecule has 3 nitrogen and oxygen atoms in total. The van der Waals surface area contributed by atoms with Crippen LogP contribution in [0, 0.1) is 29.6 Å². The molecule has 0 radical (unpaired) electrons. The first-order valence-corrected chi connectivity index (χ1v) is 9.39. The Hall–Kier alpha value is -1.38. The monoisotopic (exact) mass is 332 g/mol. The SMILES string of the molecule is C=CC1CC1CC1CCC(CC(=O)/C=C\C(C)OC(C)=O)C(C)C1. The van der Waals surface area contributed by atoms with Gasteiger partial charge in [-0.2, -0.15) is 0 Å². The Morgan fingerprint density at radius 1 is 1.25 bits per heavy atom. The largest absolute Gasteiger partial charge is 0.459 e. The van der Waals surface area contributed by atoms with Crippen LogP contribution >= 0.6 is 0 Å². The van der Waals surface area contributed by atoms with Crippen molar-refractivity contribution >= 4 is 11.8 Å². The molecule has 2 aliphatic carbocycles. The number of hydrogen-bond acceptors (Lipinski definition) is 3. The molecule has 24 heavy (non-hydrogen) atoms. The Labute approximate surface area is 146 Å². The molecule has 0 aromatic carbocycles. The fraction of sp³-hybridized carbons (Fsp3) is 0.714. The van der Waals surface area contributed by atoms with Gasteiger partial charge < -0.3 is 4.74 Å². The fourth-order valence-corrected chi connectivity index (χ4v) is 4.22. The zero-order valence-corrected chi connectivity index (χ0v) is 15.4. The van der Waals surface area contributed by atoms with E-state index in [0.717, 1.165) is 24.2 Å². The molecule has 0 amide bonds. The second-order valence-electron chi connectivity index (χ2n) is 7.89. The standard InChI is InChI=1S/C21H32O3/c1-5-18-12-20(18)11-17-7-8-19(14(2)10-17)13-21(23)9-6-15(3)24-16(4)22/h5-6,9,14-15,17-20H,1,7-8,10-13H2,2-4H3/b9-6-. The maximum absolute atomic E-state index is 12.2. The summed E-state index contributed by atoms with van der Waals surface area (Å²) in [7, 11) is 0. The molecule has 0 aromatic rings. The molecular formula is C21H32O3. The number of carbonyl (C=O) groups excluding carboxylic acids is 2. The normalized spacial score (nSPS) is 33.9. The van der Waals surface area contributed by atoms with E-state index in [1.807, 2.05) is 0 Å². The van der Waals surface area contributed by atoms with E-state index in [1.165, 1.54) is 32.6 Å². The second-order valence-corrected chi connectivity index (χ2v) is 7.89. The summed E-state index contributed by atoms with van der Waals surface area (Å²) in [6.45, 7) is 9.35. The molecule has 2 fully saturated rings. The van der Waals surface area contributed by atoms with Gasteiger partial charge in [0.15, 0.2) is 5.78 Å². The van der Waals surface area contributed by atoms with E-state index in [9.17, 15) is 9.59 Å². The van der Waals surface area contributed by atoms with Crippen molar-refractivity contribution < 1.29 is 14.3 Å². The predicted molar refractivity (Wildman–Crippen MR) is 96.4 cm³/mol. The number of hydrogen-bond donors (Lipinski definition) is 0. The molecular weight excluding hydrogens is 300 g/mol. The van der Waals surface area contributed by atoms with Gasteiger partial charge >= 0.3 is 5.97 Å². The number of esters is 1. The van der Waals surface area contributed by atoms with Crippen LogP contribution in [0.2, 0.25) is 0 Å². The van der Waals surface area contributed by atoms with Gasteiger partial charge in [-0.15, -0.1) is 6.58 Å². The fourth-order valence-electron chi connectivity index (χ4n) is 4.22. The van der Waals surface area contributed by atoms with E-state index in [-0.39, 0.29) is 17.9 Å². The van der Waals surface area contributed by atoms with Gasteiger partial charge in [0, 0.05) is 13.3 Å². The second kappa shape index (κ2) is 8.64. The summed E-state index contributed by atoms with van der Waals surface area (Å²) in [5, 5.41) is 0. The number of allylic oxidation sites excluding steroid dienone is 2. The smallest absolute Gasteiger partial charge is 0.303 e. The highest BCUT2D eigenvalue weighted by Gasteiger charge is 2.38. The highest BCUT2D eigenvalue weighted by Crippen LogP contribution is 2.47. The minimum Gasteiger partial charge on any atom is -0.459 e. The maximum Gasteiger partial charge on any atom is 0.303 e. The quantitative estimate of drug-likeness (QED) is 0.367. The molecule has 2 aliphatic rings. The van der Waals surface area contributed by atoms with Crippen molar-refractivity contribution in [3.05, 3.63) is 24.8 Å². The third-order valence-corrected chi connectivity index (χ3v) is 5.74. The van der Waals surface area contributed by atoms with Crippen LogP contribution in [0.5, 0.6) is 0 Å². The molecule has 0 saturated heterocycles. The maximum atomic E-state index is 12.2. The average molecular weight is 332 g/mol. The van der Waals surface area contributed by atoms with E-state index in [0.29, 0.717) is 18.3 Å². The highest BCUT2D eigenvalue weighted by atomic mass is 16.5. The Morgan fingerprint density at radius 2 is 2.00 bits per heavy atom. The van der Waals surface area contributed by atoms with E-state index < -0.39 is 0 Å². The van der Waals surface area contributed by atoms with E-state index in [2.05, 4.69) is 19.6 Å². The molecule has 6 atom stereocenters. The van der Waals surface area contributed by atoms with Crippen LogP contribution in [0.25, 0.3) is 0 Å². The van der Waals surface area contributed by atoms with Crippen LogP contribution in [0.1, 0.15) is 59.3 Å². The average Bonchev–Trinajstić information content (AvgIpc) is 3.25. The lowest BCUT2D eigenvalue weighted by molar-refractivity contribution is -0.143. The van der Waals surface area contributed by atoms with Crippen molar-refractivity contribution in [3.8, 4) is 0 Å². The minimum atomic E-state index is -0.337. The lowest BCUT2D eigenvalue weighted by Gasteiger charge is -2.34. The highest BCUT2D eigenvalue weighted by molar-refractivity contribution is 5.89. The molecule has 2 rings (SSSR count). The van der Waals surface area contributed by atoms with Crippen molar-refractivity contribution in [1.82, 2.24) is 0 Å². The van der Waals surface area contributed by atoms with Crippen LogP contribution in [0.15, 0.2) is 24.8 Å². The molecule has 0 N–H and O–H groups in total. The first-order chi connectivity index (χ1) is 11.4. The van der Waals surface area contributed by atoms with Crippen LogP contribution in [0.3, 0.4) is 0 Å².